The van der Waals surface area contributed by atoms with Gasteiger partial charge in [0.25, 0.3) is 0 Å². The number of hydrogen-bond acceptors (Lipinski definition) is 7. The molecule has 3 aromatic rings. The molecule has 2 heterocycles. The molecular weight excluding hydrogens is 396 g/mol. The van der Waals surface area contributed by atoms with E-state index in [0.717, 1.165) is 5.56 Å². The van der Waals surface area contributed by atoms with E-state index in [1.807, 2.05) is 0 Å². The molecule has 9 nitrogen and oxygen atoms in total. The molecule has 4 rings (SSSR count). The summed E-state index contributed by atoms with van der Waals surface area (Å²) in [4.78, 5) is 18.0. The van der Waals surface area contributed by atoms with Crippen LogP contribution in [0, 0.1) is 6.92 Å². The number of sulfonamides is 1. The summed E-state index contributed by atoms with van der Waals surface area (Å²) >= 11 is 0. The summed E-state index contributed by atoms with van der Waals surface area (Å²) in [7, 11) is -3.66. The number of carbonyl (C=O) groups is 1. The van der Waals surface area contributed by atoms with Crippen LogP contribution in [0.4, 0.5) is 10.5 Å². The normalized spacial score (nSPS) is 16.8. The molecule has 1 saturated heterocycles. The first kappa shape index (κ1) is 19.1. The second kappa shape index (κ2) is 7.64. The number of amides is 1. The fourth-order valence-electron chi connectivity index (χ4n) is 2.93. The second-order valence-corrected chi connectivity index (χ2v) is 8.23. The molecular formula is C19H18N4O5S. The summed E-state index contributed by atoms with van der Waals surface area (Å²) in [5.41, 5.74) is 1.39. The average Bonchev–Trinajstić information content (AvgIpc) is 3.33. The second-order valence-electron chi connectivity index (χ2n) is 6.47. The highest BCUT2D eigenvalue weighted by atomic mass is 32.2. The first-order chi connectivity index (χ1) is 13.9. The van der Waals surface area contributed by atoms with Gasteiger partial charge in [-0.15, -0.1) is 0 Å². The average molecular weight is 414 g/mol. The van der Waals surface area contributed by atoms with Gasteiger partial charge in [0.05, 0.1) is 11.4 Å². The highest BCUT2D eigenvalue weighted by Gasteiger charge is 2.33. The van der Waals surface area contributed by atoms with Crippen molar-refractivity contribution in [2.75, 3.05) is 18.0 Å². The van der Waals surface area contributed by atoms with Crippen LogP contribution in [0.3, 0.4) is 0 Å². The van der Waals surface area contributed by atoms with Crippen molar-refractivity contribution in [3.63, 3.8) is 0 Å². The minimum absolute atomic E-state index is 0.0142. The zero-order valence-electron chi connectivity index (χ0n) is 15.5. The lowest BCUT2D eigenvalue weighted by molar-refractivity contribution is 0.143. The van der Waals surface area contributed by atoms with Gasteiger partial charge in [-0.3, -0.25) is 4.90 Å². The van der Waals surface area contributed by atoms with E-state index >= 15 is 0 Å². The summed E-state index contributed by atoms with van der Waals surface area (Å²) < 4.78 is 37.4. The molecule has 0 bridgehead atoms. The number of aromatic nitrogens is 2. The van der Waals surface area contributed by atoms with Crippen LogP contribution >= 0.6 is 0 Å². The summed E-state index contributed by atoms with van der Waals surface area (Å²) in [5.74, 6) is 0.930. The van der Waals surface area contributed by atoms with Crippen LogP contribution in [0.25, 0.3) is 11.4 Å². The number of rotatable bonds is 6. The monoisotopic (exact) mass is 414 g/mol. The Labute approximate surface area is 167 Å². The number of nitrogens with one attached hydrogen (secondary N) is 1. The number of ether oxygens (including phenoxy) is 1. The molecule has 1 aromatic heterocycles. The summed E-state index contributed by atoms with van der Waals surface area (Å²) in [6.45, 7) is 1.92. The van der Waals surface area contributed by atoms with Crippen LogP contribution in [0.15, 0.2) is 64.0 Å². The van der Waals surface area contributed by atoms with E-state index in [0.29, 0.717) is 17.4 Å². The predicted molar refractivity (Wildman–Crippen MR) is 104 cm³/mol. The molecule has 29 heavy (non-hydrogen) atoms. The van der Waals surface area contributed by atoms with Crippen molar-refractivity contribution in [2.45, 2.75) is 17.9 Å². The molecule has 1 amide bonds. The maximum Gasteiger partial charge on any atom is 0.414 e. The van der Waals surface area contributed by atoms with Gasteiger partial charge in [-0.05, 0) is 36.4 Å². The summed E-state index contributed by atoms with van der Waals surface area (Å²) in [5, 5.41) is 3.86. The summed E-state index contributed by atoms with van der Waals surface area (Å²) in [6, 6.07) is 15.1. The standard InChI is InChI=1S/C19H18N4O5S/c1-13-21-18(22-28-13)14-7-9-15(10-8-14)23-12-16(27-19(23)24)11-20-29(25,26)17-5-3-2-4-6-17/h2-10,16,20H,11-12H2,1H3. The van der Waals surface area contributed by atoms with Gasteiger partial charge in [0.1, 0.15) is 6.10 Å². The number of nitrogens with zero attached hydrogens (tertiary/aromatic N) is 3. The zero-order chi connectivity index (χ0) is 20.4. The van der Waals surface area contributed by atoms with Crippen molar-refractivity contribution >= 4 is 21.8 Å². The SMILES string of the molecule is Cc1nc(-c2ccc(N3CC(CNS(=O)(=O)c4ccccc4)OC3=O)cc2)no1. The van der Waals surface area contributed by atoms with Gasteiger partial charge in [0.2, 0.25) is 21.7 Å². The smallest absolute Gasteiger partial charge is 0.414 e. The lowest BCUT2D eigenvalue weighted by Crippen LogP contribution is -2.34. The Morgan fingerprint density at radius 2 is 1.86 bits per heavy atom. The van der Waals surface area contributed by atoms with Gasteiger partial charge < -0.3 is 9.26 Å². The first-order valence-electron chi connectivity index (χ1n) is 8.86. The number of anilines is 1. The van der Waals surface area contributed by atoms with Crippen molar-refractivity contribution in [3.05, 3.63) is 60.5 Å². The van der Waals surface area contributed by atoms with Gasteiger partial charge in [-0.1, -0.05) is 23.4 Å². The third-order valence-electron chi connectivity index (χ3n) is 4.39. The minimum Gasteiger partial charge on any atom is -0.443 e. The molecule has 1 atom stereocenters. The van der Waals surface area contributed by atoms with E-state index in [2.05, 4.69) is 14.9 Å². The maximum absolute atomic E-state index is 12.3. The van der Waals surface area contributed by atoms with Crippen molar-refractivity contribution in [1.29, 1.82) is 0 Å². The topological polar surface area (TPSA) is 115 Å². The molecule has 150 valence electrons. The van der Waals surface area contributed by atoms with Gasteiger partial charge >= 0.3 is 6.09 Å². The van der Waals surface area contributed by atoms with Gasteiger partial charge in [-0.25, -0.2) is 17.9 Å². The van der Waals surface area contributed by atoms with Gasteiger partial charge in [-0.2, -0.15) is 4.98 Å². The fourth-order valence-corrected chi connectivity index (χ4v) is 4.02. The Kier molecular flexibility index (Phi) is 5.03. The molecule has 0 radical (unpaired) electrons. The van der Waals surface area contributed by atoms with Gasteiger partial charge in [0, 0.05) is 24.7 Å². The molecule has 1 aliphatic heterocycles. The van der Waals surface area contributed by atoms with Crippen LogP contribution < -0.4 is 9.62 Å². The Morgan fingerprint density at radius 1 is 1.14 bits per heavy atom. The van der Waals surface area contributed by atoms with E-state index in [9.17, 15) is 13.2 Å². The Hall–Kier alpha value is -3.24. The number of hydrogen-bond donors (Lipinski definition) is 1. The maximum atomic E-state index is 12.3. The molecule has 0 spiro atoms. The van der Waals surface area contributed by atoms with E-state index in [1.54, 1.807) is 49.4 Å². The van der Waals surface area contributed by atoms with Crippen LogP contribution in [0.2, 0.25) is 0 Å². The van der Waals surface area contributed by atoms with Crippen molar-refractivity contribution < 1.29 is 22.5 Å². The number of carbonyl (C=O) groups excluding carboxylic acids is 1. The first-order valence-corrected chi connectivity index (χ1v) is 10.3. The van der Waals surface area contributed by atoms with E-state index in [4.69, 9.17) is 9.26 Å². The minimum atomic E-state index is -3.66. The Balaban J connectivity index is 1.40. The Morgan fingerprint density at radius 3 is 2.52 bits per heavy atom. The fraction of sp³-hybridized carbons (Fsp3) is 0.211. The van der Waals surface area contributed by atoms with Crippen molar-refractivity contribution in [1.82, 2.24) is 14.9 Å². The molecule has 2 aromatic carbocycles. The third kappa shape index (κ3) is 4.13. The van der Waals surface area contributed by atoms with E-state index < -0.39 is 22.2 Å². The predicted octanol–water partition coefficient (Wildman–Crippen LogP) is 2.35. The Bertz CT molecular complexity index is 1110. The quantitative estimate of drug-likeness (QED) is 0.658. The lowest BCUT2D eigenvalue weighted by atomic mass is 10.2. The molecule has 1 unspecified atom stereocenters. The van der Waals surface area contributed by atoms with Crippen LogP contribution in [-0.2, 0) is 14.8 Å². The van der Waals surface area contributed by atoms with Crippen molar-refractivity contribution in [3.8, 4) is 11.4 Å². The highest BCUT2D eigenvalue weighted by molar-refractivity contribution is 7.89. The third-order valence-corrected chi connectivity index (χ3v) is 5.83. The van der Waals surface area contributed by atoms with E-state index in [-0.39, 0.29) is 18.0 Å². The van der Waals surface area contributed by atoms with Gasteiger partial charge in [0.15, 0.2) is 0 Å². The highest BCUT2D eigenvalue weighted by Crippen LogP contribution is 2.25. The van der Waals surface area contributed by atoms with Crippen LogP contribution in [0.1, 0.15) is 5.89 Å². The zero-order valence-corrected chi connectivity index (χ0v) is 16.3. The molecule has 0 aliphatic carbocycles. The lowest BCUT2D eigenvalue weighted by Gasteiger charge is -2.13. The molecule has 1 fully saturated rings. The van der Waals surface area contributed by atoms with Crippen molar-refractivity contribution in [2.24, 2.45) is 0 Å². The summed E-state index contributed by atoms with van der Waals surface area (Å²) in [6.07, 6.45) is -1.13. The molecule has 1 N–H and O–H groups in total. The largest absolute Gasteiger partial charge is 0.443 e. The number of benzene rings is 2. The molecule has 10 heteroatoms. The van der Waals surface area contributed by atoms with Crippen LogP contribution in [0.5, 0.6) is 0 Å². The van der Waals surface area contributed by atoms with E-state index in [1.165, 1.54) is 17.0 Å². The number of aryl methyl sites for hydroxylation is 1. The molecule has 0 saturated carbocycles. The van der Waals surface area contributed by atoms with Crippen LogP contribution in [-0.4, -0.2) is 43.8 Å². The number of cyclic esters (lactones) is 1. The molecule has 1 aliphatic rings.